The molecule has 1 aromatic carbocycles. The quantitative estimate of drug-likeness (QED) is 0.684. The van der Waals surface area contributed by atoms with E-state index in [1.165, 1.54) is 40.1 Å². The van der Waals surface area contributed by atoms with Gasteiger partial charge in [0.1, 0.15) is 10.6 Å². The van der Waals surface area contributed by atoms with Gasteiger partial charge in [0.2, 0.25) is 10.0 Å². The summed E-state index contributed by atoms with van der Waals surface area (Å²) in [6, 6.07) is 4.68. The molecule has 0 saturated carbocycles. The van der Waals surface area contributed by atoms with Crippen LogP contribution in [0.3, 0.4) is 0 Å². The van der Waals surface area contributed by atoms with Gasteiger partial charge in [-0.05, 0) is 68.8 Å². The third-order valence-electron chi connectivity index (χ3n) is 6.37. The summed E-state index contributed by atoms with van der Waals surface area (Å²) < 4.78 is 31.7. The largest absolute Gasteiger partial charge is 0.495 e. The van der Waals surface area contributed by atoms with Gasteiger partial charge in [-0.25, -0.2) is 12.7 Å². The second-order valence-electron chi connectivity index (χ2n) is 8.90. The molecule has 0 N–H and O–H groups in total. The van der Waals surface area contributed by atoms with Gasteiger partial charge in [-0.3, -0.25) is 4.79 Å². The lowest BCUT2D eigenvalue weighted by atomic mass is 9.94. The number of carbonyl (C=O) groups is 1. The van der Waals surface area contributed by atoms with Crippen LogP contribution in [-0.4, -0.2) is 82.4 Å². The molecule has 8 heteroatoms. The first-order valence-electron chi connectivity index (χ1n) is 10.8. The lowest BCUT2D eigenvalue weighted by Crippen LogP contribution is -2.45. The summed E-state index contributed by atoms with van der Waals surface area (Å²) in [6.45, 7) is 7.10. The van der Waals surface area contributed by atoms with E-state index in [9.17, 15) is 13.2 Å². The highest BCUT2D eigenvalue weighted by atomic mass is 32.2. The van der Waals surface area contributed by atoms with Crippen molar-refractivity contribution in [2.45, 2.75) is 37.5 Å². The van der Waals surface area contributed by atoms with Gasteiger partial charge in [-0.15, -0.1) is 0 Å². The van der Waals surface area contributed by atoms with E-state index in [2.05, 4.69) is 11.8 Å². The Morgan fingerprint density at radius 2 is 1.87 bits per heavy atom. The molecule has 30 heavy (non-hydrogen) atoms. The Morgan fingerprint density at radius 3 is 2.50 bits per heavy atom. The molecule has 168 valence electrons. The molecule has 1 atom stereocenters. The van der Waals surface area contributed by atoms with Crippen molar-refractivity contribution in [3.63, 3.8) is 0 Å². The molecule has 2 saturated heterocycles. The van der Waals surface area contributed by atoms with Crippen LogP contribution in [0.4, 0.5) is 0 Å². The molecule has 2 aliphatic heterocycles. The highest BCUT2D eigenvalue weighted by Gasteiger charge is 2.29. The number of carbonyl (C=O) groups excluding carboxylic acids is 1. The zero-order chi connectivity index (χ0) is 21.9. The summed E-state index contributed by atoms with van der Waals surface area (Å²) in [6.07, 6.45) is 4.63. The third kappa shape index (κ3) is 5.15. The van der Waals surface area contributed by atoms with E-state index in [4.69, 9.17) is 4.74 Å². The van der Waals surface area contributed by atoms with Crippen molar-refractivity contribution in [2.24, 2.45) is 11.8 Å². The molecule has 0 aliphatic carbocycles. The predicted molar refractivity (Wildman–Crippen MR) is 117 cm³/mol. The number of hydrogen-bond acceptors (Lipinski definition) is 5. The lowest BCUT2D eigenvalue weighted by molar-refractivity contribution is 0.0622. The molecule has 1 unspecified atom stereocenters. The Morgan fingerprint density at radius 1 is 1.17 bits per heavy atom. The maximum Gasteiger partial charge on any atom is 0.253 e. The van der Waals surface area contributed by atoms with Crippen LogP contribution < -0.4 is 4.74 Å². The van der Waals surface area contributed by atoms with Crippen LogP contribution in [0.5, 0.6) is 5.75 Å². The highest BCUT2D eigenvalue weighted by Crippen LogP contribution is 2.28. The first-order chi connectivity index (χ1) is 14.2. The summed E-state index contributed by atoms with van der Waals surface area (Å²) >= 11 is 0. The van der Waals surface area contributed by atoms with Crippen molar-refractivity contribution in [2.75, 3.05) is 53.9 Å². The molecule has 2 heterocycles. The fourth-order valence-electron chi connectivity index (χ4n) is 4.40. The number of hydrogen-bond donors (Lipinski definition) is 0. The Balaban J connectivity index is 1.72. The normalized spacial score (nSPS) is 21.8. The molecular formula is C22H35N3O4S. The van der Waals surface area contributed by atoms with Gasteiger partial charge in [0.15, 0.2) is 0 Å². The van der Waals surface area contributed by atoms with Crippen LogP contribution in [0.15, 0.2) is 23.1 Å². The zero-order valence-corrected chi connectivity index (χ0v) is 19.5. The topological polar surface area (TPSA) is 70.2 Å². The maximum absolute atomic E-state index is 13.2. The van der Waals surface area contributed by atoms with Crippen LogP contribution in [-0.2, 0) is 10.0 Å². The molecule has 7 nitrogen and oxygen atoms in total. The average Bonchev–Trinajstić information content (AvgIpc) is 2.74. The molecule has 3 rings (SSSR count). The lowest BCUT2D eigenvalue weighted by Gasteiger charge is -2.38. The van der Waals surface area contributed by atoms with E-state index in [1.807, 2.05) is 4.90 Å². The van der Waals surface area contributed by atoms with Crippen molar-refractivity contribution >= 4 is 15.9 Å². The fourth-order valence-corrected chi connectivity index (χ4v) is 5.47. The summed E-state index contributed by atoms with van der Waals surface area (Å²) in [4.78, 5) is 17.6. The molecular weight excluding hydrogens is 402 g/mol. The Kier molecular flexibility index (Phi) is 7.42. The molecule has 1 amide bonds. The molecule has 2 fully saturated rings. The second kappa shape index (κ2) is 9.66. The summed E-state index contributed by atoms with van der Waals surface area (Å²) in [5.41, 5.74) is 0.392. The number of piperidine rings is 2. The number of rotatable bonds is 6. The molecule has 0 spiro atoms. The first-order valence-corrected chi connectivity index (χ1v) is 12.3. The molecule has 0 bridgehead atoms. The van der Waals surface area contributed by atoms with E-state index in [1.54, 1.807) is 12.1 Å². The summed E-state index contributed by atoms with van der Waals surface area (Å²) in [5, 5.41) is 0. The average molecular weight is 438 g/mol. The van der Waals surface area contributed by atoms with Crippen LogP contribution >= 0.6 is 0 Å². The summed E-state index contributed by atoms with van der Waals surface area (Å²) in [5.74, 6) is 1.42. The number of ether oxygens (including phenoxy) is 1. The SMILES string of the molecule is COc1ccc(C(=O)N2CCCC(CN3CCC(C)CC3)C2)cc1S(=O)(=O)N(C)C. The number of amides is 1. The van der Waals surface area contributed by atoms with Crippen molar-refractivity contribution in [3.05, 3.63) is 23.8 Å². The van der Waals surface area contributed by atoms with Crippen LogP contribution in [0.25, 0.3) is 0 Å². The minimum atomic E-state index is -3.71. The summed E-state index contributed by atoms with van der Waals surface area (Å²) in [7, 11) is 0.667. The van der Waals surface area contributed by atoms with Gasteiger partial charge in [0.25, 0.3) is 5.91 Å². The minimum absolute atomic E-state index is 0.0249. The second-order valence-corrected chi connectivity index (χ2v) is 11.0. The van der Waals surface area contributed by atoms with E-state index < -0.39 is 10.0 Å². The molecule has 2 aliphatic rings. The van der Waals surface area contributed by atoms with Crippen LogP contribution in [0, 0.1) is 11.8 Å². The van der Waals surface area contributed by atoms with E-state index in [0.29, 0.717) is 18.0 Å². The number of methoxy groups -OCH3 is 1. The number of benzene rings is 1. The van der Waals surface area contributed by atoms with E-state index in [0.717, 1.165) is 49.2 Å². The Labute approximate surface area is 181 Å². The predicted octanol–water partition coefficient (Wildman–Crippen LogP) is 2.53. The Hall–Kier alpha value is -1.64. The van der Waals surface area contributed by atoms with Crippen molar-refractivity contribution in [1.29, 1.82) is 0 Å². The van der Waals surface area contributed by atoms with Gasteiger partial charge < -0.3 is 14.5 Å². The monoisotopic (exact) mass is 437 g/mol. The van der Waals surface area contributed by atoms with Crippen LogP contribution in [0.1, 0.15) is 43.0 Å². The third-order valence-corrected chi connectivity index (χ3v) is 8.20. The zero-order valence-electron chi connectivity index (χ0n) is 18.6. The van der Waals surface area contributed by atoms with Crippen molar-refractivity contribution < 1.29 is 17.9 Å². The van der Waals surface area contributed by atoms with E-state index >= 15 is 0 Å². The van der Waals surface area contributed by atoms with Gasteiger partial charge >= 0.3 is 0 Å². The Bertz CT molecular complexity index is 848. The van der Waals surface area contributed by atoms with Gasteiger partial charge in [0.05, 0.1) is 7.11 Å². The number of sulfonamides is 1. The standard InChI is InChI=1S/C22H35N3O4S/c1-17-9-12-24(13-10-17)15-18-6-5-11-25(16-18)22(26)19-7-8-20(29-4)21(14-19)30(27,28)23(2)3/h7-8,14,17-18H,5-6,9-13,15-16H2,1-4H3. The molecule has 0 aromatic heterocycles. The van der Waals surface area contributed by atoms with Crippen molar-refractivity contribution in [1.82, 2.24) is 14.1 Å². The van der Waals surface area contributed by atoms with Crippen LogP contribution in [0.2, 0.25) is 0 Å². The maximum atomic E-state index is 13.2. The fraction of sp³-hybridized carbons (Fsp3) is 0.682. The van der Waals surface area contributed by atoms with Gasteiger partial charge in [0, 0.05) is 39.3 Å². The minimum Gasteiger partial charge on any atom is -0.495 e. The first kappa shape index (κ1) is 23.0. The number of nitrogens with zero attached hydrogens (tertiary/aromatic N) is 3. The van der Waals surface area contributed by atoms with Gasteiger partial charge in [-0.1, -0.05) is 6.92 Å². The highest BCUT2D eigenvalue weighted by molar-refractivity contribution is 7.89. The van der Waals surface area contributed by atoms with E-state index in [-0.39, 0.29) is 16.6 Å². The smallest absolute Gasteiger partial charge is 0.253 e. The molecule has 1 aromatic rings. The van der Waals surface area contributed by atoms with Gasteiger partial charge in [-0.2, -0.15) is 0 Å². The molecule has 0 radical (unpaired) electrons. The number of likely N-dealkylation sites (tertiary alicyclic amines) is 2. The van der Waals surface area contributed by atoms with Crippen molar-refractivity contribution in [3.8, 4) is 5.75 Å².